The van der Waals surface area contributed by atoms with E-state index in [2.05, 4.69) is 4.98 Å². The molecule has 0 unspecified atom stereocenters. The standard InChI is InChI=1S/C21H16N4O7S/c1-12-5-6-17(31-2)18-19(12)33-21(22-18)23(11-16-4-3-7-32-16)20(26)13-8-14(24(27)28)10-15(9-13)25(29)30/h3-10H,11H2,1-2H3. The number of non-ortho nitro benzene ring substituents is 2. The Morgan fingerprint density at radius 3 is 2.42 bits per heavy atom. The van der Waals surface area contributed by atoms with Crippen LogP contribution in [0.5, 0.6) is 5.75 Å². The van der Waals surface area contributed by atoms with E-state index in [1.807, 2.05) is 13.0 Å². The Labute approximate surface area is 190 Å². The first-order valence-electron chi connectivity index (χ1n) is 9.50. The molecule has 0 atom stereocenters. The monoisotopic (exact) mass is 468 g/mol. The predicted octanol–water partition coefficient (Wildman–Crippen LogP) is 4.87. The summed E-state index contributed by atoms with van der Waals surface area (Å²) >= 11 is 1.23. The van der Waals surface area contributed by atoms with E-state index in [4.69, 9.17) is 9.15 Å². The van der Waals surface area contributed by atoms with Crippen molar-refractivity contribution in [2.24, 2.45) is 0 Å². The Hall–Kier alpha value is -4.32. The Morgan fingerprint density at radius 1 is 1.15 bits per heavy atom. The Balaban J connectivity index is 1.86. The number of anilines is 1. The summed E-state index contributed by atoms with van der Waals surface area (Å²) in [5.41, 5.74) is 0.135. The van der Waals surface area contributed by atoms with Crippen LogP contribution < -0.4 is 9.64 Å². The number of thiazole rings is 1. The number of aromatic nitrogens is 1. The fourth-order valence-electron chi connectivity index (χ4n) is 3.25. The maximum absolute atomic E-state index is 13.5. The molecule has 4 rings (SSSR count). The number of methoxy groups -OCH3 is 1. The zero-order valence-electron chi connectivity index (χ0n) is 17.4. The Bertz CT molecular complexity index is 1350. The number of aryl methyl sites for hydroxylation is 1. The molecule has 0 radical (unpaired) electrons. The van der Waals surface area contributed by atoms with E-state index >= 15 is 0 Å². The lowest BCUT2D eigenvalue weighted by atomic mass is 10.1. The number of furan rings is 1. The van der Waals surface area contributed by atoms with Crippen molar-refractivity contribution in [3.8, 4) is 5.75 Å². The van der Waals surface area contributed by atoms with Crippen molar-refractivity contribution in [2.75, 3.05) is 12.0 Å². The number of carbonyl (C=O) groups is 1. The van der Waals surface area contributed by atoms with Crippen molar-refractivity contribution in [3.63, 3.8) is 0 Å². The van der Waals surface area contributed by atoms with Gasteiger partial charge < -0.3 is 9.15 Å². The lowest BCUT2D eigenvalue weighted by Gasteiger charge is -2.18. The minimum atomic E-state index is -0.785. The van der Waals surface area contributed by atoms with Crippen molar-refractivity contribution >= 4 is 44.0 Å². The van der Waals surface area contributed by atoms with Gasteiger partial charge in [-0.2, -0.15) is 0 Å². The first-order chi connectivity index (χ1) is 15.8. The number of hydrogen-bond acceptors (Lipinski definition) is 9. The molecule has 0 fully saturated rings. The number of benzene rings is 2. The van der Waals surface area contributed by atoms with Gasteiger partial charge in [-0.05, 0) is 30.7 Å². The summed E-state index contributed by atoms with van der Waals surface area (Å²) in [6.07, 6.45) is 1.45. The van der Waals surface area contributed by atoms with Crippen molar-refractivity contribution < 1.29 is 23.8 Å². The summed E-state index contributed by atoms with van der Waals surface area (Å²) in [5, 5.41) is 22.9. The number of amides is 1. The SMILES string of the molecule is COc1ccc(C)c2sc(N(Cc3ccco3)C(=O)c3cc([N+](=O)[O-])cc([N+](=O)[O-])c3)nc12. The fraction of sp³-hybridized carbons (Fsp3) is 0.143. The molecule has 0 aliphatic heterocycles. The lowest BCUT2D eigenvalue weighted by molar-refractivity contribution is -0.394. The van der Waals surface area contributed by atoms with Crippen molar-refractivity contribution in [1.29, 1.82) is 0 Å². The van der Waals surface area contributed by atoms with E-state index in [1.165, 1.54) is 29.6 Å². The highest BCUT2D eigenvalue weighted by molar-refractivity contribution is 7.22. The Morgan fingerprint density at radius 2 is 1.85 bits per heavy atom. The van der Waals surface area contributed by atoms with Crippen molar-refractivity contribution in [1.82, 2.24) is 4.98 Å². The summed E-state index contributed by atoms with van der Waals surface area (Å²) < 4.78 is 11.6. The number of rotatable bonds is 7. The van der Waals surface area contributed by atoms with Gasteiger partial charge in [-0.15, -0.1) is 0 Å². The van der Waals surface area contributed by atoms with Gasteiger partial charge in [0, 0.05) is 12.1 Å². The number of nitro groups is 2. The molecular weight excluding hydrogens is 452 g/mol. The molecule has 4 aromatic rings. The van der Waals surface area contributed by atoms with E-state index in [9.17, 15) is 25.0 Å². The molecule has 168 valence electrons. The van der Waals surface area contributed by atoms with E-state index in [0.29, 0.717) is 17.0 Å². The first-order valence-corrected chi connectivity index (χ1v) is 10.3. The molecular formula is C21H16N4O7S. The van der Waals surface area contributed by atoms with Gasteiger partial charge >= 0.3 is 0 Å². The maximum Gasteiger partial charge on any atom is 0.277 e. The van der Waals surface area contributed by atoms with E-state index in [-0.39, 0.29) is 17.2 Å². The topological polar surface area (TPSA) is 142 Å². The zero-order valence-corrected chi connectivity index (χ0v) is 18.2. The smallest absolute Gasteiger partial charge is 0.277 e. The highest BCUT2D eigenvalue weighted by Crippen LogP contribution is 2.37. The average Bonchev–Trinajstić information content (AvgIpc) is 3.47. The third kappa shape index (κ3) is 4.23. The molecule has 0 aliphatic carbocycles. The minimum absolute atomic E-state index is 0.0382. The van der Waals surface area contributed by atoms with Crippen LogP contribution in [0, 0.1) is 27.2 Å². The van der Waals surface area contributed by atoms with Crippen LogP contribution in [-0.2, 0) is 6.54 Å². The molecule has 2 aromatic heterocycles. The van der Waals surface area contributed by atoms with Gasteiger partial charge in [0.05, 0.1) is 46.1 Å². The molecule has 0 saturated heterocycles. The number of hydrogen-bond donors (Lipinski definition) is 0. The zero-order chi connectivity index (χ0) is 23.7. The van der Waals surface area contributed by atoms with E-state index < -0.39 is 27.1 Å². The van der Waals surface area contributed by atoms with Crippen LogP contribution in [0.15, 0.2) is 53.1 Å². The third-order valence-corrected chi connectivity index (χ3v) is 6.07. The second-order valence-electron chi connectivity index (χ2n) is 6.98. The molecule has 0 spiro atoms. The van der Waals surface area contributed by atoms with Crippen LogP contribution >= 0.6 is 11.3 Å². The molecule has 2 heterocycles. The molecule has 0 bridgehead atoms. The normalized spacial score (nSPS) is 10.8. The second-order valence-corrected chi connectivity index (χ2v) is 7.96. The minimum Gasteiger partial charge on any atom is -0.494 e. The van der Waals surface area contributed by atoms with Gasteiger partial charge in [-0.3, -0.25) is 29.9 Å². The molecule has 1 amide bonds. The molecule has 0 aliphatic rings. The van der Waals surface area contributed by atoms with Crippen LogP contribution in [0.25, 0.3) is 10.2 Å². The molecule has 0 N–H and O–H groups in total. The Kier molecular flexibility index (Phi) is 5.75. The van der Waals surface area contributed by atoms with E-state index in [1.54, 1.807) is 18.2 Å². The van der Waals surface area contributed by atoms with Crippen LogP contribution in [0.4, 0.5) is 16.5 Å². The summed E-state index contributed by atoms with van der Waals surface area (Å²) in [7, 11) is 1.51. The average molecular weight is 468 g/mol. The molecule has 33 heavy (non-hydrogen) atoms. The number of nitrogens with zero attached hydrogens (tertiary/aromatic N) is 4. The third-order valence-electron chi connectivity index (χ3n) is 4.85. The molecule has 0 saturated carbocycles. The van der Waals surface area contributed by atoms with Crippen LogP contribution in [0.2, 0.25) is 0 Å². The van der Waals surface area contributed by atoms with Crippen LogP contribution in [0.3, 0.4) is 0 Å². The quantitative estimate of drug-likeness (QED) is 0.276. The van der Waals surface area contributed by atoms with Gasteiger partial charge in [0.15, 0.2) is 5.13 Å². The summed E-state index contributed by atoms with van der Waals surface area (Å²) in [5.74, 6) is 0.259. The number of ether oxygens (including phenoxy) is 1. The van der Waals surface area contributed by atoms with Crippen LogP contribution in [-0.4, -0.2) is 27.8 Å². The largest absolute Gasteiger partial charge is 0.494 e. The van der Waals surface area contributed by atoms with Crippen molar-refractivity contribution in [3.05, 3.63) is 85.8 Å². The van der Waals surface area contributed by atoms with Gasteiger partial charge in [0.25, 0.3) is 17.3 Å². The van der Waals surface area contributed by atoms with Gasteiger partial charge in [-0.1, -0.05) is 17.4 Å². The van der Waals surface area contributed by atoms with Crippen molar-refractivity contribution in [2.45, 2.75) is 13.5 Å². The molecule has 11 nitrogen and oxygen atoms in total. The van der Waals surface area contributed by atoms with Gasteiger partial charge in [-0.25, -0.2) is 4.98 Å². The van der Waals surface area contributed by atoms with Gasteiger partial charge in [0.1, 0.15) is 17.0 Å². The lowest BCUT2D eigenvalue weighted by Crippen LogP contribution is -2.30. The molecule has 2 aromatic carbocycles. The number of nitro benzene ring substituents is 2. The fourth-order valence-corrected chi connectivity index (χ4v) is 4.30. The maximum atomic E-state index is 13.5. The predicted molar refractivity (Wildman–Crippen MR) is 120 cm³/mol. The number of fused-ring (bicyclic) bond motifs is 1. The van der Waals surface area contributed by atoms with E-state index in [0.717, 1.165) is 28.5 Å². The second kappa shape index (κ2) is 8.67. The highest BCUT2D eigenvalue weighted by Gasteiger charge is 2.27. The summed E-state index contributed by atoms with van der Waals surface area (Å²) in [4.78, 5) is 40.4. The number of carbonyl (C=O) groups excluding carboxylic acids is 1. The molecule has 12 heteroatoms. The van der Waals surface area contributed by atoms with Crippen LogP contribution in [0.1, 0.15) is 21.7 Å². The summed E-state index contributed by atoms with van der Waals surface area (Å²) in [6.45, 7) is 1.86. The highest BCUT2D eigenvalue weighted by atomic mass is 32.1. The first kappa shape index (κ1) is 21.9. The van der Waals surface area contributed by atoms with Gasteiger partial charge in [0.2, 0.25) is 0 Å². The summed E-state index contributed by atoms with van der Waals surface area (Å²) in [6, 6.07) is 9.76.